The molecule has 2 aromatic rings. The maximum Gasteiger partial charge on any atom is 0.224 e. The van der Waals surface area contributed by atoms with Gasteiger partial charge in [-0.25, -0.2) is 8.78 Å². The number of carbonyl (C=O) groups excluding carboxylic acids is 1. The van der Waals surface area contributed by atoms with Gasteiger partial charge in [-0.2, -0.15) is 0 Å². The second-order valence-corrected chi connectivity index (χ2v) is 4.98. The Morgan fingerprint density at radius 2 is 1.95 bits per heavy atom. The molecule has 0 saturated carbocycles. The van der Waals surface area contributed by atoms with Crippen molar-refractivity contribution in [3.8, 4) is 0 Å². The van der Waals surface area contributed by atoms with E-state index in [1.54, 1.807) is 18.2 Å². The SMILES string of the molecule is CCCC(=O)Nc1ccc(CNc2cccc(F)c2)cc1F. The van der Waals surface area contributed by atoms with Crippen molar-refractivity contribution in [2.45, 2.75) is 26.3 Å². The van der Waals surface area contributed by atoms with Crippen LogP contribution in [-0.2, 0) is 11.3 Å². The smallest absolute Gasteiger partial charge is 0.224 e. The molecule has 0 aliphatic rings. The average Bonchev–Trinajstić information content (AvgIpc) is 2.48. The molecule has 0 bridgehead atoms. The number of halogens is 2. The first-order valence-corrected chi connectivity index (χ1v) is 7.16. The van der Waals surface area contributed by atoms with Crippen molar-refractivity contribution in [3.63, 3.8) is 0 Å². The molecular weight excluding hydrogens is 286 g/mol. The summed E-state index contributed by atoms with van der Waals surface area (Å²) in [6.07, 6.45) is 1.07. The first-order valence-electron chi connectivity index (χ1n) is 7.16. The van der Waals surface area contributed by atoms with Crippen molar-refractivity contribution in [1.82, 2.24) is 0 Å². The van der Waals surface area contributed by atoms with Crippen LogP contribution in [0.25, 0.3) is 0 Å². The lowest BCUT2D eigenvalue weighted by molar-refractivity contribution is -0.116. The lowest BCUT2D eigenvalue weighted by Gasteiger charge is -2.09. The van der Waals surface area contributed by atoms with E-state index in [1.807, 2.05) is 6.92 Å². The largest absolute Gasteiger partial charge is 0.381 e. The Morgan fingerprint density at radius 3 is 2.64 bits per heavy atom. The number of hydrogen-bond donors (Lipinski definition) is 2. The molecule has 0 radical (unpaired) electrons. The van der Waals surface area contributed by atoms with Gasteiger partial charge in [0.1, 0.15) is 11.6 Å². The Labute approximate surface area is 128 Å². The van der Waals surface area contributed by atoms with Crippen LogP contribution in [-0.4, -0.2) is 5.91 Å². The molecule has 0 aromatic heterocycles. The minimum absolute atomic E-state index is 0.174. The normalized spacial score (nSPS) is 10.3. The van der Waals surface area contributed by atoms with Crippen molar-refractivity contribution < 1.29 is 13.6 Å². The van der Waals surface area contributed by atoms with Crippen LogP contribution in [0.3, 0.4) is 0 Å². The molecule has 2 aromatic carbocycles. The summed E-state index contributed by atoms with van der Waals surface area (Å²) in [6, 6.07) is 10.7. The van der Waals surface area contributed by atoms with E-state index in [1.165, 1.54) is 24.3 Å². The van der Waals surface area contributed by atoms with E-state index < -0.39 is 5.82 Å². The standard InChI is InChI=1S/C17H18F2N2O/c1-2-4-17(22)21-16-8-7-12(9-15(16)19)11-20-14-6-3-5-13(18)10-14/h3,5-10,20H,2,4,11H2,1H3,(H,21,22). The van der Waals surface area contributed by atoms with Gasteiger partial charge in [0.2, 0.25) is 5.91 Å². The number of benzene rings is 2. The summed E-state index contributed by atoms with van der Waals surface area (Å²) in [4.78, 5) is 11.5. The summed E-state index contributed by atoms with van der Waals surface area (Å²) >= 11 is 0. The van der Waals surface area contributed by atoms with Crippen LogP contribution in [0.2, 0.25) is 0 Å². The van der Waals surface area contributed by atoms with E-state index in [9.17, 15) is 13.6 Å². The molecule has 2 N–H and O–H groups in total. The van der Waals surface area contributed by atoms with Crippen LogP contribution in [0.5, 0.6) is 0 Å². The number of nitrogens with one attached hydrogen (secondary N) is 2. The van der Waals surface area contributed by atoms with E-state index in [4.69, 9.17) is 0 Å². The molecule has 0 unspecified atom stereocenters. The highest BCUT2D eigenvalue weighted by atomic mass is 19.1. The van der Waals surface area contributed by atoms with Crippen molar-refractivity contribution >= 4 is 17.3 Å². The van der Waals surface area contributed by atoms with Gasteiger partial charge in [0.25, 0.3) is 0 Å². The fourth-order valence-electron chi connectivity index (χ4n) is 2.01. The summed E-state index contributed by atoms with van der Waals surface area (Å²) in [5.41, 5.74) is 1.50. The Hall–Kier alpha value is -2.43. The molecule has 0 aliphatic carbocycles. The molecule has 0 fully saturated rings. The first kappa shape index (κ1) is 15.9. The fourth-order valence-corrected chi connectivity index (χ4v) is 2.01. The van der Waals surface area contributed by atoms with Gasteiger partial charge in [-0.15, -0.1) is 0 Å². The van der Waals surface area contributed by atoms with Crippen molar-refractivity contribution in [1.29, 1.82) is 0 Å². The van der Waals surface area contributed by atoms with Crippen LogP contribution in [0.15, 0.2) is 42.5 Å². The summed E-state index contributed by atoms with van der Waals surface area (Å²) in [6.45, 7) is 2.25. The van der Waals surface area contributed by atoms with Gasteiger partial charge in [0.15, 0.2) is 0 Å². The van der Waals surface area contributed by atoms with Crippen molar-refractivity contribution in [2.24, 2.45) is 0 Å². The van der Waals surface area contributed by atoms with Crippen molar-refractivity contribution in [2.75, 3.05) is 10.6 Å². The monoisotopic (exact) mass is 304 g/mol. The maximum absolute atomic E-state index is 13.9. The third-order valence-corrected chi connectivity index (χ3v) is 3.11. The Balaban J connectivity index is 1.98. The predicted molar refractivity (Wildman–Crippen MR) is 83.7 cm³/mol. The van der Waals surface area contributed by atoms with Crippen LogP contribution >= 0.6 is 0 Å². The van der Waals surface area contributed by atoms with Crippen molar-refractivity contribution in [3.05, 3.63) is 59.7 Å². The van der Waals surface area contributed by atoms with Crippen LogP contribution in [0, 0.1) is 11.6 Å². The average molecular weight is 304 g/mol. The molecule has 0 saturated heterocycles. The molecule has 0 aliphatic heterocycles. The third-order valence-electron chi connectivity index (χ3n) is 3.11. The number of carbonyl (C=O) groups is 1. The zero-order valence-corrected chi connectivity index (χ0v) is 12.3. The Morgan fingerprint density at radius 1 is 1.14 bits per heavy atom. The zero-order valence-electron chi connectivity index (χ0n) is 12.3. The summed E-state index contributed by atoms with van der Waals surface area (Å²) in [5.74, 6) is -1.01. The van der Waals surface area contributed by atoms with Crippen LogP contribution in [0.4, 0.5) is 20.2 Å². The number of amides is 1. The van der Waals surface area contributed by atoms with E-state index >= 15 is 0 Å². The maximum atomic E-state index is 13.9. The fraction of sp³-hybridized carbons (Fsp3) is 0.235. The lowest BCUT2D eigenvalue weighted by atomic mass is 10.2. The highest BCUT2D eigenvalue weighted by Crippen LogP contribution is 2.18. The molecule has 5 heteroatoms. The number of hydrogen-bond acceptors (Lipinski definition) is 2. The second kappa shape index (κ2) is 7.54. The van der Waals surface area contributed by atoms with E-state index in [2.05, 4.69) is 10.6 Å². The Kier molecular flexibility index (Phi) is 5.47. The van der Waals surface area contributed by atoms with Gasteiger partial charge < -0.3 is 10.6 Å². The molecule has 0 spiro atoms. The molecule has 0 heterocycles. The highest BCUT2D eigenvalue weighted by Gasteiger charge is 2.07. The minimum atomic E-state index is -0.483. The topological polar surface area (TPSA) is 41.1 Å². The van der Waals surface area contributed by atoms with Crippen LogP contribution < -0.4 is 10.6 Å². The molecule has 0 atom stereocenters. The first-order chi connectivity index (χ1) is 10.6. The van der Waals surface area contributed by atoms with Gasteiger partial charge in [0.05, 0.1) is 5.69 Å². The molecule has 2 rings (SSSR count). The highest BCUT2D eigenvalue weighted by molar-refractivity contribution is 5.90. The molecule has 3 nitrogen and oxygen atoms in total. The quantitative estimate of drug-likeness (QED) is 0.834. The summed E-state index contributed by atoms with van der Waals surface area (Å²) in [5, 5.41) is 5.55. The second-order valence-electron chi connectivity index (χ2n) is 4.98. The predicted octanol–water partition coefficient (Wildman–Crippen LogP) is 4.32. The summed E-state index contributed by atoms with van der Waals surface area (Å²) < 4.78 is 27.0. The van der Waals surface area contributed by atoms with Crippen LogP contribution in [0.1, 0.15) is 25.3 Å². The van der Waals surface area contributed by atoms with E-state index in [0.29, 0.717) is 30.6 Å². The Bertz CT molecular complexity index is 659. The number of anilines is 2. The zero-order chi connectivity index (χ0) is 15.9. The van der Waals surface area contributed by atoms with Gasteiger partial charge in [-0.05, 0) is 42.3 Å². The molecule has 1 amide bonds. The lowest BCUT2D eigenvalue weighted by Crippen LogP contribution is -2.12. The molecular formula is C17H18F2N2O. The van der Waals surface area contributed by atoms with Gasteiger partial charge in [-0.1, -0.05) is 19.1 Å². The molecule has 22 heavy (non-hydrogen) atoms. The van der Waals surface area contributed by atoms with E-state index in [-0.39, 0.29) is 17.4 Å². The summed E-state index contributed by atoms with van der Waals surface area (Å²) in [7, 11) is 0. The number of rotatable bonds is 6. The van der Waals surface area contributed by atoms with E-state index in [0.717, 1.165) is 0 Å². The van der Waals surface area contributed by atoms with Gasteiger partial charge in [0, 0.05) is 18.7 Å². The van der Waals surface area contributed by atoms with Gasteiger partial charge in [-0.3, -0.25) is 4.79 Å². The van der Waals surface area contributed by atoms with Gasteiger partial charge >= 0.3 is 0 Å². The molecule has 116 valence electrons. The minimum Gasteiger partial charge on any atom is -0.381 e. The third kappa shape index (κ3) is 4.55.